The molecule has 1 aromatic carbocycles. The number of hydrogen-bond acceptors (Lipinski definition) is 5. The summed E-state index contributed by atoms with van der Waals surface area (Å²) in [6.45, 7) is 6.88. The Balaban J connectivity index is 1.72. The Morgan fingerprint density at radius 3 is 2.43 bits per heavy atom. The van der Waals surface area contributed by atoms with Crippen molar-refractivity contribution in [3.8, 4) is 5.75 Å². The first-order valence-electron chi connectivity index (χ1n) is 10.4. The van der Waals surface area contributed by atoms with Crippen LogP contribution in [0.15, 0.2) is 24.3 Å². The topological polar surface area (TPSA) is 68.3 Å². The first-order chi connectivity index (χ1) is 14.3. The zero-order chi connectivity index (χ0) is 21.7. The summed E-state index contributed by atoms with van der Waals surface area (Å²) in [5.41, 5.74) is -0.900. The average molecular weight is 439 g/mol. The molecule has 2 aliphatic heterocycles. The maximum atomic E-state index is 12.9. The van der Waals surface area contributed by atoms with E-state index in [2.05, 4.69) is 0 Å². The van der Waals surface area contributed by atoms with Crippen LogP contribution >= 0.6 is 11.6 Å². The fraction of sp³-hybridized carbons (Fsp3) is 0.636. The number of carbonyl (C=O) groups is 2. The van der Waals surface area contributed by atoms with Crippen LogP contribution in [0.4, 0.5) is 0 Å². The van der Waals surface area contributed by atoms with Crippen LogP contribution in [-0.2, 0) is 19.1 Å². The molecule has 0 radical (unpaired) electrons. The summed E-state index contributed by atoms with van der Waals surface area (Å²) in [5, 5.41) is 0.642. The minimum atomic E-state index is -0.900. The highest BCUT2D eigenvalue weighted by Gasteiger charge is 2.39. The Bertz CT molecular complexity index is 734. The van der Waals surface area contributed by atoms with Gasteiger partial charge in [-0.05, 0) is 38.1 Å². The monoisotopic (exact) mass is 438 g/mol. The van der Waals surface area contributed by atoms with Crippen molar-refractivity contribution in [1.82, 2.24) is 9.80 Å². The molecule has 2 saturated heterocycles. The maximum absolute atomic E-state index is 12.9. The fourth-order valence-electron chi connectivity index (χ4n) is 3.87. The second-order valence-electron chi connectivity index (χ2n) is 8.32. The van der Waals surface area contributed by atoms with E-state index < -0.39 is 5.60 Å². The van der Waals surface area contributed by atoms with Gasteiger partial charge in [-0.1, -0.05) is 11.6 Å². The highest BCUT2D eigenvalue weighted by molar-refractivity contribution is 6.30. The average Bonchev–Trinajstić information content (AvgIpc) is 2.76. The lowest BCUT2D eigenvalue weighted by Gasteiger charge is -2.41. The van der Waals surface area contributed by atoms with Gasteiger partial charge in [-0.15, -0.1) is 0 Å². The molecule has 7 nitrogen and oxygen atoms in total. The van der Waals surface area contributed by atoms with Gasteiger partial charge in [0, 0.05) is 57.1 Å². The largest absolute Gasteiger partial charge is 0.490 e. The lowest BCUT2D eigenvalue weighted by Crippen LogP contribution is -2.55. The number of morpholine rings is 1. The molecule has 2 atom stereocenters. The van der Waals surface area contributed by atoms with Gasteiger partial charge in [0.2, 0.25) is 5.91 Å². The van der Waals surface area contributed by atoms with Crippen molar-refractivity contribution in [2.75, 3.05) is 46.5 Å². The number of benzene rings is 1. The van der Waals surface area contributed by atoms with E-state index in [0.717, 1.165) is 0 Å². The first kappa shape index (κ1) is 22.8. The number of nitrogens with zero attached hydrogens (tertiary/aromatic N) is 2. The minimum Gasteiger partial charge on any atom is -0.490 e. The predicted molar refractivity (Wildman–Crippen MR) is 114 cm³/mol. The number of carbonyl (C=O) groups excluding carboxylic acids is 2. The molecule has 2 amide bonds. The smallest absolute Gasteiger partial charge is 0.254 e. The van der Waals surface area contributed by atoms with Crippen LogP contribution < -0.4 is 4.74 Å². The van der Waals surface area contributed by atoms with E-state index in [1.165, 1.54) is 7.11 Å². The van der Waals surface area contributed by atoms with Crippen molar-refractivity contribution < 1.29 is 23.8 Å². The van der Waals surface area contributed by atoms with Crippen LogP contribution in [0.3, 0.4) is 0 Å². The van der Waals surface area contributed by atoms with E-state index in [1.54, 1.807) is 30.9 Å². The van der Waals surface area contributed by atoms with Crippen molar-refractivity contribution >= 4 is 23.4 Å². The summed E-state index contributed by atoms with van der Waals surface area (Å²) < 4.78 is 17.0. The van der Waals surface area contributed by atoms with Gasteiger partial charge in [0.25, 0.3) is 5.91 Å². The van der Waals surface area contributed by atoms with E-state index in [4.69, 9.17) is 25.8 Å². The molecule has 0 bridgehead atoms. The molecular weight excluding hydrogens is 408 g/mol. The molecule has 0 unspecified atom stereocenters. The van der Waals surface area contributed by atoms with Gasteiger partial charge in [-0.25, -0.2) is 0 Å². The maximum Gasteiger partial charge on any atom is 0.254 e. The van der Waals surface area contributed by atoms with Crippen LogP contribution in [-0.4, -0.2) is 79.8 Å². The van der Waals surface area contributed by atoms with Crippen LogP contribution in [0, 0.1) is 5.92 Å². The third-order valence-corrected chi connectivity index (χ3v) is 6.13. The van der Waals surface area contributed by atoms with Crippen LogP contribution in [0.25, 0.3) is 0 Å². The van der Waals surface area contributed by atoms with Crippen LogP contribution in [0.1, 0.15) is 26.7 Å². The molecule has 30 heavy (non-hydrogen) atoms. The lowest BCUT2D eigenvalue weighted by atomic mass is 9.89. The molecule has 0 aromatic heterocycles. The number of hydrogen-bond donors (Lipinski definition) is 0. The molecule has 166 valence electrons. The molecular formula is C22H31ClN2O5. The normalized spacial score (nSPS) is 22.7. The SMILES string of the molecule is COC(C)(C)C(=O)N1CC[C@H](Oc2ccc(Cl)cc2)[C@@H](CC(=O)N2CCOCC2)C1. The van der Waals surface area contributed by atoms with Crippen molar-refractivity contribution in [1.29, 1.82) is 0 Å². The van der Waals surface area contributed by atoms with Crippen molar-refractivity contribution in [3.63, 3.8) is 0 Å². The molecule has 0 aliphatic carbocycles. The number of likely N-dealkylation sites (tertiary alicyclic amines) is 1. The Labute approximate surface area is 183 Å². The Kier molecular flexibility index (Phi) is 7.60. The molecule has 0 spiro atoms. The molecule has 8 heteroatoms. The van der Waals surface area contributed by atoms with E-state index in [1.807, 2.05) is 17.0 Å². The Morgan fingerprint density at radius 1 is 1.13 bits per heavy atom. The van der Waals surface area contributed by atoms with Crippen molar-refractivity contribution in [3.05, 3.63) is 29.3 Å². The summed E-state index contributed by atoms with van der Waals surface area (Å²) in [7, 11) is 1.54. The van der Waals surface area contributed by atoms with Gasteiger partial charge in [-0.2, -0.15) is 0 Å². The Hall–Kier alpha value is -1.83. The number of ether oxygens (including phenoxy) is 3. The number of piperidine rings is 1. The molecule has 2 heterocycles. The summed E-state index contributed by atoms with van der Waals surface area (Å²) >= 11 is 5.98. The Morgan fingerprint density at radius 2 is 1.80 bits per heavy atom. The second-order valence-corrected chi connectivity index (χ2v) is 8.76. The van der Waals surface area contributed by atoms with Crippen molar-refractivity contribution in [2.45, 2.75) is 38.4 Å². The predicted octanol–water partition coefficient (Wildman–Crippen LogP) is 2.61. The second kappa shape index (κ2) is 9.98. The number of rotatable bonds is 6. The van der Waals surface area contributed by atoms with Gasteiger partial charge in [0.05, 0.1) is 13.2 Å². The zero-order valence-corrected chi connectivity index (χ0v) is 18.7. The number of amides is 2. The summed E-state index contributed by atoms with van der Waals surface area (Å²) in [6.07, 6.45) is 0.816. The standard InChI is InChI=1S/C22H31ClN2O5/c1-22(2,28-3)21(27)25-9-8-19(30-18-6-4-17(23)5-7-18)16(15-25)14-20(26)24-10-12-29-13-11-24/h4-7,16,19H,8-15H2,1-3H3/t16-,19-/m0/s1. The molecule has 0 saturated carbocycles. The van der Waals surface area contributed by atoms with E-state index in [9.17, 15) is 9.59 Å². The molecule has 2 fully saturated rings. The quantitative estimate of drug-likeness (QED) is 0.683. The molecule has 0 N–H and O–H groups in total. The number of methoxy groups -OCH3 is 1. The molecule has 3 rings (SSSR count). The zero-order valence-electron chi connectivity index (χ0n) is 17.9. The fourth-order valence-corrected chi connectivity index (χ4v) is 3.99. The van der Waals surface area contributed by atoms with Gasteiger partial charge in [0.15, 0.2) is 0 Å². The van der Waals surface area contributed by atoms with Gasteiger partial charge >= 0.3 is 0 Å². The summed E-state index contributed by atoms with van der Waals surface area (Å²) in [4.78, 5) is 29.5. The third-order valence-electron chi connectivity index (χ3n) is 5.88. The van der Waals surface area contributed by atoms with E-state index in [-0.39, 0.29) is 23.8 Å². The van der Waals surface area contributed by atoms with Crippen LogP contribution in [0.5, 0.6) is 5.75 Å². The minimum absolute atomic E-state index is 0.0706. The van der Waals surface area contributed by atoms with Gasteiger partial charge < -0.3 is 24.0 Å². The van der Waals surface area contributed by atoms with Gasteiger partial charge in [-0.3, -0.25) is 9.59 Å². The van der Waals surface area contributed by atoms with Crippen LogP contribution in [0.2, 0.25) is 5.02 Å². The highest BCUT2D eigenvalue weighted by Crippen LogP contribution is 2.29. The van der Waals surface area contributed by atoms with E-state index in [0.29, 0.717) is 63.0 Å². The molecule has 1 aromatic rings. The van der Waals surface area contributed by atoms with Gasteiger partial charge in [0.1, 0.15) is 17.5 Å². The number of halogens is 1. The highest BCUT2D eigenvalue weighted by atomic mass is 35.5. The third kappa shape index (κ3) is 5.65. The molecule has 2 aliphatic rings. The van der Waals surface area contributed by atoms with Crippen molar-refractivity contribution in [2.24, 2.45) is 5.92 Å². The first-order valence-corrected chi connectivity index (χ1v) is 10.8. The van der Waals surface area contributed by atoms with E-state index >= 15 is 0 Å². The summed E-state index contributed by atoms with van der Waals surface area (Å²) in [5.74, 6) is 0.610. The lowest BCUT2D eigenvalue weighted by molar-refractivity contribution is -0.155. The summed E-state index contributed by atoms with van der Waals surface area (Å²) in [6, 6.07) is 7.22.